The van der Waals surface area contributed by atoms with Crippen LogP contribution in [0.4, 0.5) is 36.1 Å². The van der Waals surface area contributed by atoms with E-state index in [1.165, 1.54) is 55.0 Å². The summed E-state index contributed by atoms with van der Waals surface area (Å²) >= 11 is 4.74. The van der Waals surface area contributed by atoms with Gasteiger partial charge in [-0.05, 0) is 42.8 Å². The molecule has 1 amide bonds. The zero-order valence-corrected chi connectivity index (χ0v) is 18.3. The van der Waals surface area contributed by atoms with Crippen molar-refractivity contribution < 1.29 is 27.8 Å². The molecule has 1 fully saturated rings. The lowest BCUT2D eigenvalue weighted by molar-refractivity contribution is -0.0964. The van der Waals surface area contributed by atoms with Crippen LogP contribution in [0.1, 0.15) is 16.8 Å². The Bertz CT molecular complexity index is 1180. The summed E-state index contributed by atoms with van der Waals surface area (Å²) in [6.07, 6.45) is 4.01. The van der Waals surface area contributed by atoms with Crippen molar-refractivity contribution in [3.63, 3.8) is 0 Å². The van der Waals surface area contributed by atoms with Gasteiger partial charge in [0.25, 0.3) is 5.91 Å². The fourth-order valence-electron chi connectivity index (χ4n) is 3.42. The molecule has 0 unspecified atom stereocenters. The van der Waals surface area contributed by atoms with Gasteiger partial charge >= 0.3 is 5.57 Å². The summed E-state index contributed by atoms with van der Waals surface area (Å²) in [6.45, 7) is 0.887. The van der Waals surface area contributed by atoms with E-state index >= 15 is 0 Å². The molecule has 1 aliphatic rings. The predicted molar refractivity (Wildman–Crippen MR) is 120 cm³/mol. The number of carbonyl (C=O) groups is 1. The number of benzene rings is 1. The smallest absolute Gasteiger partial charge is 0.420 e. The van der Waals surface area contributed by atoms with Gasteiger partial charge in [-0.3, -0.25) is 9.78 Å². The van der Waals surface area contributed by atoms with E-state index in [2.05, 4.69) is 25.3 Å². The average molecular weight is 494 g/mol. The van der Waals surface area contributed by atoms with Crippen molar-refractivity contribution in [1.82, 2.24) is 9.97 Å². The number of anilines is 4. The van der Waals surface area contributed by atoms with Crippen LogP contribution in [0.15, 0.2) is 55.0 Å². The van der Waals surface area contributed by atoms with Gasteiger partial charge in [0.15, 0.2) is 5.82 Å². The van der Waals surface area contributed by atoms with E-state index < -0.39 is 23.4 Å². The van der Waals surface area contributed by atoms with Gasteiger partial charge in [-0.25, -0.2) is 9.37 Å². The molecule has 1 aliphatic heterocycles. The Balaban J connectivity index is 1.56. The number of hydrogen-bond donors (Lipinski definition) is 3. The molecule has 0 saturated carbocycles. The number of nitrogens with zero attached hydrogens (tertiary/aromatic N) is 3. The Morgan fingerprint density at radius 2 is 1.97 bits per heavy atom. The minimum Gasteiger partial charge on any atom is -0.420 e. The minimum atomic E-state index is -3.85. The second kappa shape index (κ2) is 9.74. The zero-order valence-electron chi connectivity index (χ0n) is 17.5. The van der Waals surface area contributed by atoms with Crippen molar-refractivity contribution in [1.29, 1.82) is 0 Å². The van der Waals surface area contributed by atoms with E-state index in [4.69, 9.17) is 11.6 Å². The number of ether oxygens (including phenoxy) is 1. The molecule has 0 spiro atoms. The van der Waals surface area contributed by atoms with Gasteiger partial charge in [-0.2, -0.15) is 0 Å². The van der Waals surface area contributed by atoms with Crippen LogP contribution in [0.5, 0.6) is 5.75 Å². The minimum absolute atomic E-state index is 0.0922. The second-order valence-electron chi connectivity index (χ2n) is 7.49. The summed E-state index contributed by atoms with van der Waals surface area (Å²) < 4.78 is 43.9. The van der Waals surface area contributed by atoms with Crippen LogP contribution < -0.4 is 20.3 Å². The Hall–Kier alpha value is -3.57. The Morgan fingerprint density at radius 3 is 2.62 bits per heavy atom. The fraction of sp³-hybridized carbons (Fsp3) is 0.227. The highest BCUT2D eigenvalue weighted by Gasteiger charge is 2.27. The molecule has 1 aromatic carbocycles. The summed E-state index contributed by atoms with van der Waals surface area (Å²) in [5, 5.41) is 15.4. The molecule has 4 rings (SSSR count). The number of amides is 1. The van der Waals surface area contributed by atoms with Crippen molar-refractivity contribution in [2.45, 2.75) is 18.1 Å². The summed E-state index contributed by atoms with van der Waals surface area (Å²) in [7, 11) is 0. The lowest BCUT2D eigenvalue weighted by atomic mass is 10.2. The number of aliphatic hydroxyl groups excluding tert-OH is 1. The number of carbonyl (C=O) groups excluding carboxylic acids is 1. The van der Waals surface area contributed by atoms with Crippen LogP contribution >= 0.6 is 11.6 Å². The van der Waals surface area contributed by atoms with Crippen molar-refractivity contribution in [2.24, 2.45) is 0 Å². The largest absolute Gasteiger partial charge is 0.487 e. The first-order chi connectivity index (χ1) is 16.2. The van der Waals surface area contributed by atoms with Crippen LogP contribution in [0.2, 0.25) is 0 Å². The highest BCUT2D eigenvalue weighted by Crippen LogP contribution is 2.31. The third kappa shape index (κ3) is 5.86. The molecule has 2 aromatic heterocycles. The molecule has 3 heterocycles. The third-order valence-corrected chi connectivity index (χ3v) is 5.05. The average Bonchev–Trinajstić information content (AvgIpc) is 3.21. The fourth-order valence-corrected chi connectivity index (χ4v) is 3.51. The first-order valence-corrected chi connectivity index (χ1v) is 10.5. The number of halogens is 4. The molecular formula is C22H19ClF3N5O3. The molecule has 0 radical (unpaired) electrons. The van der Waals surface area contributed by atoms with Gasteiger partial charge in [0, 0.05) is 42.8 Å². The number of aliphatic hydroxyl groups is 1. The Labute approximate surface area is 197 Å². The highest BCUT2D eigenvalue weighted by molar-refractivity contribution is 6.20. The maximum absolute atomic E-state index is 14.2. The zero-order chi connectivity index (χ0) is 24.3. The first kappa shape index (κ1) is 23.6. The van der Waals surface area contributed by atoms with Crippen molar-refractivity contribution in [3.05, 3.63) is 66.4 Å². The van der Waals surface area contributed by atoms with Gasteiger partial charge < -0.3 is 25.4 Å². The van der Waals surface area contributed by atoms with Gasteiger partial charge in [-0.1, -0.05) is 0 Å². The van der Waals surface area contributed by atoms with E-state index in [0.717, 1.165) is 0 Å². The number of alkyl halides is 3. The maximum atomic E-state index is 14.2. The number of rotatable bonds is 7. The van der Waals surface area contributed by atoms with E-state index in [0.29, 0.717) is 36.7 Å². The van der Waals surface area contributed by atoms with Gasteiger partial charge in [0.1, 0.15) is 11.6 Å². The molecule has 3 aromatic rings. The predicted octanol–water partition coefficient (Wildman–Crippen LogP) is 4.35. The van der Waals surface area contributed by atoms with E-state index in [1.807, 2.05) is 4.90 Å². The van der Waals surface area contributed by atoms with Crippen molar-refractivity contribution in [2.75, 3.05) is 28.6 Å². The van der Waals surface area contributed by atoms with Crippen LogP contribution in [-0.2, 0) is 0 Å². The topological polar surface area (TPSA) is 99.6 Å². The quantitative estimate of drug-likeness (QED) is 0.421. The van der Waals surface area contributed by atoms with Gasteiger partial charge in [-0.15, -0.1) is 8.78 Å². The van der Waals surface area contributed by atoms with Gasteiger partial charge in [0.2, 0.25) is 0 Å². The number of hydrogen-bond acceptors (Lipinski definition) is 7. The molecule has 12 heteroatoms. The molecule has 3 N–H and O–H groups in total. The Kier molecular flexibility index (Phi) is 6.75. The van der Waals surface area contributed by atoms with Crippen molar-refractivity contribution in [3.8, 4) is 5.75 Å². The monoisotopic (exact) mass is 493 g/mol. The number of nitrogens with one attached hydrogen (secondary N) is 2. The molecule has 0 bridgehead atoms. The van der Waals surface area contributed by atoms with E-state index in [-0.39, 0.29) is 17.0 Å². The number of aromatic nitrogens is 2. The molecule has 178 valence electrons. The second-order valence-corrected chi connectivity index (χ2v) is 7.93. The van der Waals surface area contributed by atoms with Crippen LogP contribution in [0.25, 0.3) is 0 Å². The summed E-state index contributed by atoms with van der Waals surface area (Å²) in [5.74, 6) is -0.810. The van der Waals surface area contributed by atoms with E-state index in [9.17, 15) is 23.1 Å². The number of β-amino-alcohol motifs (C(OH)–C–C–N with tert-alkyl or cyclic N) is 1. The van der Waals surface area contributed by atoms with Crippen molar-refractivity contribution >= 4 is 40.4 Å². The molecule has 34 heavy (non-hydrogen) atoms. The summed E-state index contributed by atoms with van der Waals surface area (Å²) in [6, 6.07) is 7.88. The normalized spacial score (nSPS) is 15.8. The maximum Gasteiger partial charge on any atom is 0.487 e. The first-order valence-electron chi connectivity index (χ1n) is 10.1. The standard InChI is InChI=1S/C22H19ClF3N5O3/c23-22(25,26)34-16-3-1-14(2-4-16)29-21(33)13-9-18(30-19-11-27-7-5-17(19)24)20(28-10-13)31-8-6-15(32)12-31/h1-5,7,9-11,15,30,32H,6,8,12H2,(H,29,33)/t15-/m1/s1. The molecule has 8 nitrogen and oxygen atoms in total. The van der Waals surface area contributed by atoms with Crippen LogP contribution in [-0.4, -0.2) is 45.7 Å². The van der Waals surface area contributed by atoms with Crippen LogP contribution in [0.3, 0.4) is 0 Å². The Morgan fingerprint density at radius 1 is 1.21 bits per heavy atom. The molecule has 1 atom stereocenters. The van der Waals surface area contributed by atoms with E-state index in [1.54, 1.807) is 0 Å². The lowest BCUT2D eigenvalue weighted by Crippen LogP contribution is -2.24. The third-order valence-electron chi connectivity index (χ3n) is 4.97. The summed E-state index contributed by atoms with van der Waals surface area (Å²) in [5.41, 5.74) is -2.94. The lowest BCUT2D eigenvalue weighted by Gasteiger charge is -2.21. The molecule has 0 aliphatic carbocycles. The number of pyridine rings is 2. The highest BCUT2D eigenvalue weighted by atomic mass is 35.5. The molecule has 1 saturated heterocycles. The molecular weight excluding hydrogens is 475 g/mol. The van der Waals surface area contributed by atoms with Gasteiger partial charge in [0.05, 0.1) is 29.2 Å². The summed E-state index contributed by atoms with van der Waals surface area (Å²) in [4.78, 5) is 22.9. The SMILES string of the molecule is O=C(Nc1ccc(OC(F)(F)Cl)cc1)c1cnc(N2CC[C@@H](O)C2)c(Nc2cnccc2F)c1. The van der Waals surface area contributed by atoms with Crippen LogP contribution in [0, 0.1) is 5.82 Å².